The maximum absolute atomic E-state index is 10.9. The number of rotatable bonds is 6. The van der Waals surface area contributed by atoms with Crippen LogP contribution in [0, 0.1) is 17.0 Å². The molecule has 0 atom stereocenters. The summed E-state index contributed by atoms with van der Waals surface area (Å²) in [6.45, 7) is 5.59. The van der Waals surface area contributed by atoms with E-state index in [2.05, 4.69) is 22.2 Å². The van der Waals surface area contributed by atoms with Crippen LogP contribution in [0.5, 0.6) is 0 Å². The Balaban J connectivity index is 2.31. The molecule has 0 aliphatic heterocycles. The van der Waals surface area contributed by atoms with Crippen LogP contribution >= 0.6 is 0 Å². The molecule has 1 aromatic heterocycles. The summed E-state index contributed by atoms with van der Waals surface area (Å²) in [4.78, 5) is 19.2. The van der Waals surface area contributed by atoms with Gasteiger partial charge in [-0.2, -0.15) is 0 Å². The van der Waals surface area contributed by atoms with Crippen LogP contribution in [0.25, 0.3) is 11.4 Å². The second-order valence-electron chi connectivity index (χ2n) is 4.80. The number of nitro groups is 1. The maximum Gasteiger partial charge on any atom is 0.270 e. The first-order valence-corrected chi connectivity index (χ1v) is 6.90. The van der Waals surface area contributed by atoms with Crippen molar-refractivity contribution in [3.05, 3.63) is 51.8 Å². The number of benzene rings is 1. The van der Waals surface area contributed by atoms with Gasteiger partial charge in [-0.3, -0.25) is 10.1 Å². The average Bonchev–Trinajstić information content (AvgIpc) is 2.48. The monoisotopic (exact) mass is 286 g/mol. The molecule has 1 heterocycles. The quantitative estimate of drug-likeness (QED) is 0.501. The van der Waals surface area contributed by atoms with Gasteiger partial charge < -0.3 is 5.32 Å². The fraction of sp³-hybridized carbons (Fsp3) is 0.333. The average molecular weight is 286 g/mol. The minimum absolute atomic E-state index is 0.0497. The molecule has 0 unspecified atom stereocenters. The number of aryl methyl sites for hydroxylation is 1. The fourth-order valence-electron chi connectivity index (χ4n) is 1.98. The zero-order valence-corrected chi connectivity index (χ0v) is 12.2. The van der Waals surface area contributed by atoms with Gasteiger partial charge in [0.25, 0.3) is 5.69 Å². The normalized spacial score (nSPS) is 10.6. The number of aromatic nitrogens is 2. The van der Waals surface area contributed by atoms with E-state index in [9.17, 15) is 10.1 Å². The first-order valence-electron chi connectivity index (χ1n) is 6.90. The van der Waals surface area contributed by atoms with Crippen LogP contribution in [0.4, 0.5) is 5.69 Å². The molecule has 0 aliphatic carbocycles. The molecule has 0 aliphatic rings. The van der Waals surface area contributed by atoms with Crippen LogP contribution in [-0.2, 0) is 6.54 Å². The molecule has 0 saturated heterocycles. The van der Waals surface area contributed by atoms with Gasteiger partial charge in [-0.1, -0.05) is 13.0 Å². The highest BCUT2D eigenvalue weighted by atomic mass is 16.6. The van der Waals surface area contributed by atoms with E-state index in [0.717, 1.165) is 24.2 Å². The Morgan fingerprint density at radius 3 is 2.86 bits per heavy atom. The van der Waals surface area contributed by atoms with Gasteiger partial charge in [-0.05, 0) is 31.5 Å². The summed E-state index contributed by atoms with van der Waals surface area (Å²) in [7, 11) is 0. The highest BCUT2D eigenvalue weighted by Crippen LogP contribution is 2.24. The molecule has 0 saturated carbocycles. The zero-order valence-electron chi connectivity index (χ0n) is 12.2. The van der Waals surface area contributed by atoms with E-state index < -0.39 is 4.92 Å². The van der Waals surface area contributed by atoms with Crippen molar-refractivity contribution in [2.24, 2.45) is 0 Å². The first-order chi connectivity index (χ1) is 10.1. The Morgan fingerprint density at radius 1 is 1.33 bits per heavy atom. The summed E-state index contributed by atoms with van der Waals surface area (Å²) >= 11 is 0. The van der Waals surface area contributed by atoms with Crippen LogP contribution in [0.15, 0.2) is 30.5 Å². The summed E-state index contributed by atoms with van der Waals surface area (Å²) in [6, 6.07) is 6.58. The van der Waals surface area contributed by atoms with Crippen LogP contribution < -0.4 is 5.32 Å². The van der Waals surface area contributed by atoms with E-state index in [0.29, 0.717) is 17.9 Å². The van der Waals surface area contributed by atoms with Gasteiger partial charge >= 0.3 is 0 Å². The van der Waals surface area contributed by atoms with Crippen molar-refractivity contribution >= 4 is 5.69 Å². The number of nitrogens with zero attached hydrogens (tertiary/aromatic N) is 3. The Hall–Kier alpha value is -2.34. The van der Waals surface area contributed by atoms with E-state index in [1.165, 1.54) is 12.1 Å². The van der Waals surface area contributed by atoms with Crippen LogP contribution in [-0.4, -0.2) is 21.4 Å². The maximum atomic E-state index is 10.9. The summed E-state index contributed by atoms with van der Waals surface area (Å²) in [5.41, 5.74) is 2.54. The van der Waals surface area contributed by atoms with Crippen molar-refractivity contribution in [1.29, 1.82) is 0 Å². The summed E-state index contributed by atoms with van der Waals surface area (Å²) in [6.07, 6.45) is 2.74. The van der Waals surface area contributed by atoms with Crippen LogP contribution in [0.1, 0.15) is 24.6 Å². The molecule has 0 spiro atoms. The topological polar surface area (TPSA) is 81.0 Å². The molecule has 6 heteroatoms. The minimum atomic E-state index is -0.407. The second-order valence-corrected chi connectivity index (χ2v) is 4.80. The highest BCUT2D eigenvalue weighted by Gasteiger charge is 2.12. The van der Waals surface area contributed by atoms with Crippen molar-refractivity contribution in [3.63, 3.8) is 0 Å². The van der Waals surface area contributed by atoms with Crippen LogP contribution in [0.3, 0.4) is 0 Å². The molecule has 1 aromatic carbocycles. The molecule has 0 amide bonds. The molecular formula is C15H18N4O2. The Kier molecular flexibility index (Phi) is 4.94. The molecule has 0 bridgehead atoms. The van der Waals surface area contributed by atoms with Gasteiger partial charge in [-0.15, -0.1) is 0 Å². The van der Waals surface area contributed by atoms with Crippen molar-refractivity contribution < 1.29 is 4.92 Å². The number of hydrogen-bond donors (Lipinski definition) is 1. The first kappa shape index (κ1) is 15.1. The van der Waals surface area contributed by atoms with Gasteiger partial charge in [-0.25, -0.2) is 9.97 Å². The number of hydrogen-bond acceptors (Lipinski definition) is 5. The van der Waals surface area contributed by atoms with Crippen molar-refractivity contribution in [1.82, 2.24) is 15.3 Å². The molecule has 6 nitrogen and oxygen atoms in total. The van der Waals surface area contributed by atoms with Crippen molar-refractivity contribution in [2.45, 2.75) is 26.8 Å². The SMILES string of the molecule is CCCNCc1ccnc(-c2cc([N+](=O)[O-])ccc2C)n1. The molecule has 2 aromatic rings. The molecule has 0 fully saturated rings. The van der Waals surface area contributed by atoms with E-state index in [-0.39, 0.29) is 5.69 Å². The Morgan fingerprint density at radius 2 is 2.14 bits per heavy atom. The lowest BCUT2D eigenvalue weighted by atomic mass is 10.1. The van der Waals surface area contributed by atoms with Crippen molar-refractivity contribution in [3.8, 4) is 11.4 Å². The van der Waals surface area contributed by atoms with E-state index in [4.69, 9.17) is 0 Å². The molecule has 21 heavy (non-hydrogen) atoms. The smallest absolute Gasteiger partial charge is 0.270 e. The lowest BCUT2D eigenvalue weighted by Gasteiger charge is -2.07. The number of nitro benzene ring substituents is 1. The summed E-state index contributed by atoms with van der Waals surface area (Å²) in [5, 5.41) is 14.2. The molecule has 0 radical (unpaired) electrons. The third-order valence-corrected chi connectivity index (χ3v) is 3.12. The van der Waals surface area contributed by atoms with E-state index >= 15 is 0 Å². The summed E-state index contributed by atoms with van der Waals surface area (Å²) < 4.78 is 0. The lowest BCUT2D eigenvalue weighted by molar-refractivity contribution is -0.384. The predicted octanol–water partition coefficient (Wildman–Crippen LogP) is 2.86. The molecular weight excluding hydrogens is 268 g/mol. The largest absolute Gasteiger partial charge is 0.311 e. The molecule has 2 rings (SSSR count). The van der Waals surface area contributed by atoms with Gasteiger partial charge in [0.05, 0.1) is 10.6 Å². The third-order valence-electron chi connectivity index (χ3n) is 3.12. The minimum Gasteiger partial charge on any atom is -0.311 e. The lowest BCUT2D eigenvalue weighted by Crippen LogP contribution is -2.15. The third kappa shape index (κ3) is 3.82. The Bertz CT molecular complexity index is 643. The number of non-ortho nitro benzene ring substituents is 1. The summed E-state index contributed by atoms with van der Waals surface area (Å²) in [5.74, 6) is 0.520. The van der Waals surface area contributed by atoms with Crippen LogP contribution in [0.2, 0.25) is 0 Å². The zero-order chi connectivity index (χ0) is 15.2. The van der Waals surface area contributed by atoms with E-state index in [1.54, 1.807) is 12.3 Å². The fourth-order valence-corrected chi connectivity index (χ4v) is 1.98. The standard InChI is InChI=1S/C15H18N4O2/c1-3-7-16-10-12-6-8-17-15(18-12)14-9-13(19(20)21)5-4-11(14)2/h4-6,8-9,16H,3,7,10H2,1-2H3. The molecule has 110 valence electrons. The van der Waals surface area contributed by atoms with Gasteiger partial charge in [0.15, 0.2) is 5.82 Å². The van der Waals surface area contributed by atoms with Gasteiger partial charge in [0, 0.05) is 30.4 Å². The van der Waals surface area contributed by atoms with Gasteiger partial charge in [0.2, 0.25) is 0 Å². The van der Waals surface area contributed by atoms with Gasteiger partial charge in [0.1, 0.15) is 0 Å². The predicted molar refractivity (Wildman–Crippen MR) is 80.9 cm³/mol. The second kappa shape index (κ2) is 6.90. The highest BCUT2D eigenvalue weighted by molar-refractivity contribution is 5.63. The Labute approximate surface area is 123 Å². The van der Waals surface area contributed by atoms with Crippen molar-refractivity contribution in [2.75, 3.05) is 6.54 Å². The number of nitrogens with one attached hydrogen (secondary N) is 1. The van der Waals surface area contributed by atoms with E-state index in [1.807, 2.05) is 13.0 Å². The molecule has 1 N–H and O–H groups in total.